The number of benzene rings is 1. The molecule has 158 valence electrons. The van der Waals surface area contributed by atoms with Gasteiger partial charge < -0.3 is 10.2 Å². The zero-order chi connectivity index (χ0) is 21.5. The van der Waals surface area contributed by atoms with Crippen molar-refractivity contribution >= 4 is 28.9 Å². The third-order valence-corrected chi connectivity index (χ3v) is 7.22. The van der Waals surface area contributed by atoms with Crippen LogP contribution >= 0.6 is 22.9 Å². The first-order valence-electron chi connectivity index (χ1n) is 10.3. The Morgan fingerprint density at radius 2 is 2.13 bits per heavy atom. The predicted octanol–water partition coefficient (Wildman–Crippen LogP) is 5.54. The number of rotatable bonds is 8. The predicted molar refractivity (Wildman–Crippen MR) is 123 cm³/mol. The lowest BCUT2D eigenvalue weighted by Gasteiger charge is -2.18. The lowest BCUT2D eigenvalue weighted by atomic mass is 9.90. The molecule has 0 aliphatic heterocycles. The Labute approximate surface area is 187 Å². The van der Waals surface area contributed by atoms with Crippen molar-refractivity contribution in [2.45, 2.75) is 50.0 Å². The largest absolute Gasteiger partial charge is 0.477 e. The fraction of sp³-hybridized carbons (Fsp3) is 0.400. The van der Waals surface area contributed by atoms with Crippen molar-refractivity contribution in [2.75, 3.05) is 0 Å². The second-order valence-corrected chi connectivity index (χ2v) is 9.50. The van der Waals surface area contributed by atoms with Gasteiger partial charge >= 0.3 is 5.97 Å². The summed E-state index contributed by atoms with van der Waals surface area (Å²) in [5.74, 6) is 5.67. The number of carboxylic acids is 1. The quantitative estimate of drug-likeness (QED) is 0.320. The standard InChI is InChI=1S/C25H27ClO3S/c1-2-3-6-17-7-4-8-18(15-17)11-13-21-20(22(26)16-23(21)27)10-5-9-19-12-14-24(30-19)25(28)29/h2,4,7-8,12,14-15,20-23,27H,1,3,5-6,9-10,16H2,(H,28,29). The molecule has 30 heavy (non-hydrogen) atoms. The van der Waals surface area contributed by atoms with Crippen LogP contribution in [0.25, 0.3) is 0 Å². The van der Waals surface area contributed by atoms with Crippen molar-refractivity contribution in [3.05, 3.63) is 69.9 Å². The van der Waals surface area contributed by atoms with Gasteiger partial charge in [0.05, 0.1) is 12.0 Å². The van der Waals surface area contributed by atoms with Gasteiger partial charge in [-0.3, -0.25) is 0 Å². The zero-order valence-electron chi connectivity index (χ0n) is 16.9. The number of aliphatic hydroxyl groups excluding tert-OH is 1. The van der Waals surface area contributed by atoms with E-state index in [1.165, 1.54) is 16.9 Å². The molecule has 3 rings (SSSR count). The van der Waals surface area contributed by atoms with Gasteiger partial charge in [-0.2, -0.15) is 0 Å². The summed E-state index contributed by atoms with van der Waals surface area (Å²) in [5, 5.41) is 19.5. The number of carboxylic acid groups (broad SMARTS) is 1. The SMILES string of the molecule is C=CCCc1cccc(C#CC2C(O)CC(Cl)C2CCCc2ccc(C(=O)O)s2)c1. The number of hydrogen-bond donors (Lipinski definition) is 2. The number of thiophene rings is 1. The number of carbonyl (C=O) groups is 1. The van der Waals surface area contributed by atoms with Crippen LogP contribution in [-0.2, 0) is 12.8 Å². The molecule has 3 nitrogen and oxygen atoms in total. The number of aryl methyl sites for hydroxylation is 2. The molecule has 2 N–H and O–H groups in total. The average Bonchev–Trinajstić information content (AvgIpc) is 3.30. The van der Waals surface area contributed by atoms with E-state index in [2.05, 4.69) is 30.6 Å². The van der Waals surface area contributed by atoms with Gasteiger partial charge in [-0.15, -0.1) is 29.5 Å². The van der Waals surface area contributed by atoms with Crippen LogP contribution in [0.4, 0.5) is 0 Å². The van der Waals surface area contributed by atoms with Crippen molar-refractivity contribution in [1.29, 1.82) is 0 Å². The zero-order valence-corrected chi connectivity index (χ0v) is 18.5. The van der Waals surface area contributed by atoms with Gasteiger partial charge in [0.25, 0.3) is 0 Å². The number of allylic oxidation sites excluding steroid dienone is 1. The maximum absolute atomic E-state index is 11.0. The third-order valence-electron chi connectivity index (χ3n) is 5.59. The average molecular weight is 443 g/mol. The van der Waals surface area contributed by atoms with Crippen LogP contribution in [0.15, 0.2) is 49.1 Å². The molecule has 1 aromatic carbocycles. The van der Waals surface area contributed by atoms with E-state index in [1.807, 2.05) is 24.3 Å². The van der Waals surface area contributed by atoms with Gasteiger partial charge in [-0.25, -0.2) is 4.79 Å². The number of aromatic carboxylic acids is 1. The van der Waals surface area contributed by atoms with Gasteiger partial charge in [-0.1, -0.05) is 30.0 Å². The summed E-state index contributed by atoms with van der Waals surface area (Å²) in [6, 6.07) is 11.7. The van der Waals surface area contributed by atoms with E-state index in [4.69, 9.17) is 16.7 Å². The van der Waals surface area contributed by atoms with Crippen LogP contribution in [0.5, 0.6) is 0 Å². The highest BCUT2D eigenvalue weighted by Crippen LogP contribution is 2.39. The summed E-state index contributed by atoms with van der Waals surface area (Å²) in [5.41, 5.74) is 2.19. The normalized spacial score (nSPS) is 23.0. The second kappa shape index (κ2) is 10.8. The summed E-state index contributed by atoms with van der Waals surface area (Å²) in [4.78, 5) is 12.5. The van der Waals surface area contributed by atoms with E-state index < -0.39 is 12.1 Å². The first-order chi connectivity index (χ1) is 14.5. The lowest BCUT2D eigenvalue weighted by Crippen LogP contribution is -2.19. The van der Waals surface area contributed by atoms with Crippen LogP contribution in [0.1, 0.15) is 51.4 Å². The summed E-state index contributed by atoms with van der Waals surface area (Å²) in [6.45, 7) is 3.77. The van der Waals surface area contributed by atoms with Crippen molar-refractivity contribution in [3.8, 4) is 11.8 Å². The number of aliphatic hydroxyl groups is 1. The van der Waals surface area contributed by atoms with Crippen LogP contribution in [0.2, 0.25) is 0 Å². The number of hydrogen-bond acceptors (Lipinski definition) is 3. The molecule has 1 aliphatic carbocycles. The van der Waals surface area contributed by atoms with Gasteiger partial charge in [0.1, 0.15) is 4.88 Å². The highest BCUT2D eigenvalue weighted by molar-refractivity contribution is 7.13. The first kappa shape index (κ1) is 22.6. The highest BCUT2D eigenvalue weighted by atomic mass is 35.5. The molecule has 1 aliphatic rings. The van der Waals surface area contributed by atoms with Crippen molar-refractivity contribution in [2.24, 2.45) is 11.8 Å². The maximum atomic E-state index is 11.0. The Morgan fingerprint density at radius 1 is 1.30 bits per heavy atom. The Kier molecular flexibility index (Phi) is 8.16. The van der Waals surface area contributed by atoms with Crippen LogP contribution in [0.3, 0.4) is 0 Å². The molecule has 0 saturated heterocycles. The van der Waals surface area contributed by atoms with Crippen LogP contribution < -0.4 is 0 Å². The fourth-order valence-corrected chi connectivity index (χ4v) is 5.36. The van der Waals surface area contributed by atoms with Crippen LogP contribution in [-0.4, -0.2) is 27.7 Å². The van der Waals surface area contributed by atoms with Gasteiger partial charge in [0.2, 0.25) is 0 Å². The molecule has 0 amide bonds. The van der Waals surface area contributed by atoms with Gasteiger partial charge in [-0.05, 0) is 74.3 Å². The smallest absolute Gasteiger partial charge is 0.345 e. The molecular weight excluding hydrogens is 416 g/mol. The fourth-order valence-electron chi connectivity index (χ4n) is 4.01. The highest BCUT2D eigenvalue weighted by Gasteiger charge is 2.40. The topological polar surface area (TPSA) is 57.5 Å². The molecule has 1 heterocycles. The van der Waals surface area contributed by atoms with E-state index in [0.717, 1.165) is 42.5 Å². The summed E-state index contributed by atoms with van der Waals surface area (Å²) < 4.78 is 0. The first-order valence-corrected chi connectivity index (χ1v) is 11.6. The molecule has 1 saturated carbocycles. The van der Waals surface area contributed by atoms with Crippen molar-refractivity contribution in [1.82, 2.24) is 0 Å². The Bertz CT molecular complexity index is 939. The minimum atomic E-state index is -0.880. The number of alkyl halides is 1. The summed E-state index contributed by atoms with van der Waals surface area (Å²) in [7, 11) is 0. The molecule has 0 bridgehead atoms. The Morgan fingerprint density at radius 3 is 2.87 bits per heavy atom. The summed E-state index contributed by atoms with van der Waals surface area (Å²) >= 11 is 7.87. The number of halogens is 1. The minimum Gasteiger partial charge on any atom is -0.477 e. The second-order valence-electron chi connectivity index (χ2n) is 7.77. The molecule has 1 fully saturated rings. The van der Waals surface area contributed by atoms with Crippen LogP contribution in [0, 0.1) is 23.7 Å². The summed E-state index contributed by atoms with van der Waals surface area (Å²) in [6.07, 6.45) is 6.44. The molecule has 2 aromatic rings. The monoisotopic (exact) mass is 442 g/mol. The minimum absolute atomic E-state index is 0.0869. The maximum Gasteiger partial charge on any atom is 0.345 e. The molecule has 0 spiro atoms. The third kappa shape index (κ3) is 5.98. The molecular formula is C25H27ClO3S. The van der Waals surface area contributed by atoms with E-state index in [-0.39, 0.29) is 17.2 Å². The molecule has 5 heteroatoms. The molecule has 1 aromatic heterocycles. The van der Waals surface area contributed by atoms with E-state index in [0.29, 0.717) is 11.3 Å². The van der Waals surface area contributed by atoms with E-state index in [9.17, 15) is 9.90 Å². The van der Waals surface area contributed by atoms with Gasteiger partial charge in [0, 0.05) is 15.8 Å². The Balaban J connectivity index is 1.62. The van der Waals surface area contributed by atoms with Gasteiger partial charge in [0.15, 0.2) is 0 Å². The lowest BCUT2D eigenvalue weighted by molar-refractivity contribution is 0.0702. The Hall–Kier alpha value is -2.06. The van der Waals surface area contributed by atoms with E-state index in [1.54, 1.807) is 6.07 Å². The molecule has 0 radical (unpaired) electrons. The molecule has 4 unspecified atom stereocenters. The van der Waals surface area contributed by atoms with Crippen molar-refractivity contribution < 1.29 is 15.0 Å². The van der Waals surface area contributed by atoms with Crippen molar-refractivity contribution in [3.63, 3.8) is 0 Å². The van der Waals surface area contributed by atoms with E-state index >= 15 is 0 Å². The molecule has 4 atom stereocenters.